The zero-order valence-corrected chi connectivity index (χ0v) is 22.1. The van der Waals surface area contributed by atoms with Crippen LogP contribution < -0.4 is 10.5 Å². The van der Waals surface area contributed by atoms with E-state index in [1.54, 1.807) is 12.1 Å². The molecule has 0 aliphatic rings. The maximum absolute atomic E-state index is 14.4. The van der Waals surface area contributed by atoms with E-state index in [1.807, 2.05) is 38.1 Å². The number of carbonyl (C=O) groups excluding carboxylic acids is 1. The van der Waals surface area contributed by atoms with Crippen LogP contribution in [0.4, 0.5) is 23.2 Å². The Kier molecular flexibility index (Phi) is 7.68. The summed E-state index contributed by atoms with van der Waals surface area (Å²) in [4.78, 5) is 25.1. The molecule has 0 amide bonds. The van der Waals surface area contributed by atoms with E-state index in [0.717, 1.165) is 28.8 Å². The van der Waals surface area contributed by atoms with Crippen LogP contribution in [-0.2, 0) is 16.5 Å². The summed E-state index contributed by atoms with van der Waals surface area (Å²) in [7, 11) is -1.94. The fraction of sp³-hybridized carbons (Fsp3) is 0.143. The smallest absolute Gasteiger partial charge is 0.343 e. The zero-order valence-electron chi connectivity index (χ0n) is 21.3. The maximum Gasteiger partial charge on any atom is 0.343 e. The largest absolute Gasteiger partial charge is 0.422 e. The first-order chi connectivity index (χ1) is 18.8. The van der Waals surface area contributed by atoms with Gasteiger partial charge in [-0.05, 0) is 35.8 Å². The molecule has 0 aliphatic carbocycles. The predicted molar refractivity (Wildman–Crippen MR) is 141 cm³/mol. The Morgan fingerprint density at radius 1 is 0.950 bits per heavy atom. The lowest BCUT2D eigenvalue weighted by Crippen LogP contribution is -2.16. The predicted octanol–water partition coefficient (Wildman–Crippen LogP) is 5.63. The number of aryl methyl sites for hydroxylation is 1. The van der Waals surface area contributed by atoms with Crippen molar-refractivity contribution in [3.05, 3.63) is 104 Å². The van der Waals surface area contributed by atoms with Crippen molar-refractivity contribution in [3.8, 4) is 0 Å². The van der Waals surface area contributed by atoms with Gasteiger partial charge >= 0.3 is 15.7 Å². The molecule has 0 aliphatic heterocycles. The van der Waals surface area contributed by atoms with Gasteiger partial charge in [0.1, 0.15) is 11.1 Å². The Bertz CT molecular complexity index is 1830. The molecule has 0 fully saturated rings. The van der Waals surface area contributed by atoms with Crippen LogP contribution in [0, 0.1) is 23.3 Å². The number of nitrogens with zero attached hydrogens (tertiary/aromatic N) is 1. The molecule has 0 spiro atoms. The second kappa shape index (κ2) is 10.7. The van der Waals surface area contributed by atoms with Crippen molar-refractivity contribution in [2.45, 2.75) is 18.2 Å². The average Bonchev–Trinajstić information content (AvgIpc) is 2.89. The first kappa shape index (κ1) is 28.7. The zero-order chi connectivity index (χ0) is 29.5. The number of hydrogen-bond acceptors (Lipinski definition) is 6. The Balaban J connectivity index is 1.68. The third-order valence-electron chi connectivity index (χ3n) is 6.23. The highest BCUT2D eigenvalue weighted by Gasteiger charge is 2.34. The number of anilines is 1. The molecule has 4 aromatic rings. The molecule has 0 atom stereocenters. The van der Waals surface area contributed by atoms with Crippen molar-refractivity contribution in [1.82, 2.24) is 0 Å². The Labute approximate surface area is 225 Å². The van der Waals surface area contributed by atoms with Gasteiger partial charge in [-0.1, -0.05) is 37.3 Å². The number of hydrogen-bond donors (Lipinski definition) is 1. The van der Waals surface area contributed by atoms with E-state index < -0.39 is 55.3 Å². The highest BCUT2D eigenvalue weighted by atomic mass is 32.2. The quantitative estimate of drug-likeness (QED) is 0.100. The molecule has 1 heterocycles. The monoisotopic (exact) mass is 575 g/mol. The van der Waals surface area contributed by atoms with E-state index in [1.165, 1.54) is 18.2 Å². The second-order valence-corrected chi connectivity index (χ2v) is 10.3. The summed E-state index contributed by atoms with van der Waals surface area (Å²) in [6, 6.07) is 10.5. The maximum atomic E-state index is 14.4. The number of rotatable bonds is 7. The molecular weight excluding hydrogens is 554 g/mol. The summed E-state index contributed by atoms with van der Waals surface area (Å²) in [5.74, 6) is -10.9. The molecule has 7 nitrogen and oxygen atoms in total. The van der Waals surface area contributed by atoms with E-state index in [2.05, 4.69) is 0 Å². The summed E-state index contributed by atoms with van der Waals surface area (Å²) in [5, 5.41) is 0.761. The van der Waals surface area contributed by atoms with Crippen LogP contribution in [0.5, 0.6) is 0 Å². The third-order valence-corrected chi connectivity index (χ3v) is 7.11. The highest BCUT2D eigenvalue weighted by Crippen LogP contribution is 2.30. The molecule has 12 heteroatoms. The van der Waals surface area contributed by atoms with E-state index >= 15 is 0 Å². The number of benzene rings is 3. The van der Waals surface area contributed by atoms with Crippen LogP contribution >= 0.6 is 0 Å². The molecule has 40 heavy (non-hydrogen) atoms. The van der Waals surface area contributed by atoms with Crippen molar-refractivity contribution in [1.29, 1.82) is 0 Å². The fourth-order valence-electron chi connectivity index (χ4n) is 4.20. The molecule has 0 bridgehead atoms. The van der Waals surface area contributed by atoms with Crippen LogP contribution in [0.15, 0.2) is 56.6 Å². The lowest BCUT2D eigenvalue weighted by atomic mass is 9.99. The molecule has 0 radical (unpaired) electrons. The first-order valence-electron chi connectivity index (χ1n) is 11.7. The summed E-state index contributed by atoms with van der Waals surface area (Å²) in [5.41, 5.74) is 0.215. The van der Waals surface area contributed by atoms with Gasteiger partial charge in [-0.3, -0.25) is 9.35 Å². The fourth-order valence-corrected chi connectivity index (χ4v) is 4.83. The van der Waals surface area contributed by atoms with Gasteiger partial charge in [0.2, 0.25) is 0 Å². The normalized spacial score (nSPS) is 11.9. The van der Waals surface area contributed by atoms with Gasteiger partial charge < -0.3 is 9.32 Å². The number of ketones is 1. The van der Waals surface area contributed by atoms with Gasteiger partial charge in [-0.15, -0.1) is 0 Å². The van der Waals surface area contributed by atoms with Crippen LogP contribution in [0.2, 0.25) is 0 Å². The summed E-state index contributed by atoms with van der Waals surface area (Å²) >= 11 is 0. The standard InChI is InChI=1S/C28H21F4NO6S/c1-4-17-18-12-10-16(33(2)3)13-20(18)39-28(35)19(17)11-7-14-5-8-15(9-6-14)26(34)21-22(29)24(31)27(40(36,37)38)25(32)23(21)30/h5-13H,4H2,1-3H3,(H,36,37,38)/b11-7+. The lowest BCUT2D eigenvalue weighted by molar-refractivity contribution is 0.102. The van der Waals surface area contributed by atoms with E-state index in [4.69, 9.17) is 8.97 Å². The molecule has 1 N–H and O–H groups in total. The minimum absolute atomic E-state index is 0.307. The van der Waals surface area contributed by atoms with Crippen molar-refractivity contribution < 1.29 is 39.7 Å². The molecular formula is C28H21F4NO6S. The van der Waals surface area contributed by atoms with Gasteiger partial charge in [0.25, 0.3) is 0 Å². The molecule has 208 valence electrons. The minimum atomic E-state index is -5.66. The number of halogens is 4. The van der Waals surface area contributed by atoms with Crippen molar-refractivity contribution in [3.63, 3.8) is 0 Å². The first-order valence-corrected chi connectivity index (χ1v) is 13.1. The van der Waals surface area contributed by atoms with E-state index in [9.17, 15) is 35.6 Å². The van der Waals surface area contributed by atoms with Gasteiger partial charge in [0, 0.05) is 36.8 Å². The van der Waals surface area contributed by atoms with Crippen molar-refractivity contribution in [2.75, 3.05) is 19.0 Å². The van der Waals surface area contributed by atoms with Gasteiger partial charge in [-0.25, -0.2) is 22.4 Å². The van der Waals surface area contributed by atoms with Gasteiger partial charge in [0.05, 0.1) is 5.56 Å². The number of fused-ring (bicyclic) bond motifs is 1. The molecule has 0 saturated carbocycles. The Hall–Kier alpha value is -4.29. The molecule has 4 rings (SSSR count). The molecule has 3 aromatic carbocycles. The summed E-state index contributed by atoms with van der Waals surface area (Å²) in [6.45, 7) is 1.89. The van der Waals surface area contributed by atoms with Crippen LogP contribution in [0.3, 0.4) is 0 Å². The molecule has 1 aromatic heterocycles. The molecule has 0 unspecified atom stereocenters. The van der Waals surface area contributed by atoms with Crippen LogP contribution in [0.25, 0.3) is 23.1 Å². The highest BCUT2D eigenvalue weighted by molar-refractivity contribution is 7.85. The lowest BCUT2D eigenvalue weighted by Gasteiger charge is -2.14. The average molecular weight is 576 g/mol. The van der Waals surface area contributed by atoms with Crippen molar-refractivity contribution >= 4 is 44.7 Å². The number of carbonyl (C=O) groups is 1. The topological polar surface area (TPSA) is 105 Å². The SMILES string of the molecule is CCc1c(/C=C/c2ccc(C(=O)c3c(F)c(F)c(S(=O)(=O)O)c(F)c3F)cc2)c(=O)oc2cc(N(C)C)ccc12. The second-order valence-electron chi connectivity index (χ2n) is 8.93. The third kappa shape index (κ3) is 5.15. The van der Waals surface area contributed by atoms with Crippen LogP contribution in [-0.4, -0.2) is 32.8 Å². The molecule has 0 saturated heterocycles. The minimum Gasteiger partial charge on any atom is -0.422 e. The Morgan fingerprint density at radius 2 is 1.55 bits per heavy atom. The van der Waals surface area contributed by atoms with E-state index in [-0.39, 0.29) is 5.56 Å². The summed E-state index contributed by atoms with van der Waals surface area (Å²) < 4.78 is 93.7. The Morgan fingerprint density at radius 3 is 2.08 bits per heavy atom. The van der Waals surface area contributed by atoms with Crippen molar-refractivity contribution in [2.24, 2.45) is 0 Å². The summed E-state index contributed by atoms with van der Waals surface area (Å²) in [6.07, 6.45) is 3.59. The van der Waals surface area contributed by atoms with E-state index in [0.29, 0.717) is 23.1 Å². The van der Waals surface area contributed by atoms with Crippen LogP contribution in [0.1, 0.15) is 39.5 Å². The van der Waals surface area contributed by atoms with Gasteiger partial charge in [-0.2, -0.15) is 8.42 Å². The van der Waals surface area contributed by atoms with Gasteiger partial charge in [0.15, 0.2) is 33.9 Å².